The van der Waals surface area contributed by atoms with Gasteiger partial charge in [-0.25, -0.2) is 0 Å². The highest BCUT2D eigenvalue weighted by atomic mass is 35.5. The van der Waals surface area contributed by atoms with Crippen LogP contribution < -0.4 is 0 Å². The van der Waals surface area contributed by atoms with Crippen molar-refractivity contribution >= 4 is 11.6 Å². The van der Waals surface area contributed by atoms with Gasteiger partial charge in [0.2, 0.25) is 0 Å². The van der Waals surface area contributed by atoms with Crippen LogP contribution in [0.15, 0.2) is 24.3 Å². The molecule has 1 rings (SSSR count). The number of hydrogen-bond acceptors (Lipinski definition) is 1. The first-order valence-electron chi connectivity index (χ1n) is 2.67. The van der Waals surface area contributed by atoms with Crippen LogP contribution in [0.1, 0.15) is 5.56 Å². The van der Waals surface area contributed by atoms with Crippen LogP contribution in [0.5, 0.6) is 0 Å². The third-order valence-electron chi connectivity index (χ3n) is 1.07. The molecule has 1 radical (unpaired) electrons. The highest BCUT2D eigenvalue weighted by Gasteiger charge is 2.23. The third kappa shape index (κ3) is 1.69. The highest BCUT2D eigenvalue weighted by Crippen LogP contribution is 2.26. The highest BCUT2D eigenvalue weighted by molar-refractivity contribution is 6.21. The van der Waals surface area contributed by atoms with Gasteiger partial charge in [-0.1, -0.05) is 24.3 Å². The van der Waals surface area contributed by atoms with E-state index in [9.17, 15) is 4.39 Å². The minimum atomic E-state index is -2.75. The first kappa shape index (κ1) is 7.51. The molecule has 1 atom stereocenters. The van der Waals surface area contributed by atoms with Gasteiger partial charge in [0.25, 0.3) is 0 Å². The summed E-state index contributed by atoms with van der Waals surface area (Å²) in [6.07, 6.45) is 0. The number of hydrogen-bond donors (Lipinski definition) is 1. The summed E-state index contributed by atoms with van der Waals surface area (Å²) in [6.45, 7) is 0. The molecule has 0 bridgehead atoms. The Balaban J connectivity index is 2.97. The van der Waals surface area contributed by atoms with Crippen molar-refractivity contribution in [2.24, 2.45) is 0 Å². The van der Waals surface area contributed by atoms with Gasteiger partial charge in [-0.2, -0.15) is 4.39 Å². The summed E-state index contributed by atoms with van der Waals surface area (Å²) in [4.78, 5) is 0. The Morgan fingerprint density at radius 1 is 1.50 bits per heavy atom. The summed E-state index contributed by atoms with van der Waals surface area (Å²) in [7, 11) is 0. The van der Waals surface area contributed by atoms with Gasteiger partial charge < -0.3 is 5.11 Å². The molecule has 0 aliphatic heterocycles. The molecule has 0 saturated heterocycles. The molecular formula is C7H5ClFO. The Kier molecular flexibility index (Phi) is 1.92. The van der Waals surface area contributed by atoms with Crippen LogP contribution in [-0.2, 0) is 5.31 Å². The summed E-state index contributed by atoms with van der Waals surface area (Å²) in [5, 5.41) is 5.82. The summed E-state index contributed by atoms with van der Waals surface area (Å²) >= 11 is 4.93. The van der Waals surface area contributed by atoms with E-state index < -0.39 is 5.31 Å². The van der Waals surface area contributed by atoms with E-state index in [1.165, 1.54) is 24.3 Å². The molecule has 1 aromatic rings. The van der Waals surface area contributed by atoms with Gasteiger partial charge in [0.15, 0.2) is 0 Å². The average Bonchev–Trinajstić information content (AvgIpc) is 1.88. The second-order valence-electron chi connectivity index (χ2n) is 1.83. The number of alkyl halides is 2. The summed E-state index contributed by atoms with van der Waals surface area (Å²) in [5.74, 6) is 0. The minimum Gasteiger partial charge on any atom is -0.346 e. The largest absolute Gasteiger partial charge is 0.346 e. The quantitative estimate of drug-likeness (QED) is 0.620. The van der Waals surface area contributed by atoms with E-state index in [-0.39, 0.29) is 5.56 Å². The molecule has 1 nitrogen and oxygen atoms in total. The molecule has 0 fully saturated rings. The van der Waals surface area contributed by atoms with Crippen LogP contribution in [0.3, 0.4) is 0 Å². The molecular weight excluding hydrogens is 155 g/mol. The Labute approximate surface area is 63.1 Å². The van der Waals surface area contributed by atoms with Gasteiger partial charge in [0.1, 0.15) is 0 Å². The van der Waals surface area contributed by atoms with Gasteiger partial charge in [-0.3, -0.25) is 0 Å². The number of rotatable bonds is 1. The molecule has 0 spiro atoms. The second-order valence-corrected chi connectivity index (χ2v) is 2.33. The first-order chi connectivity index (χ1) is 4.61. The number of aliphatic hydroxyl groups is 1. The predicted octanol–water partition coefficient (Wildman–Crippen LogP) is 1.80. The van der Waals surface area contributed by atoms with Crippen molar-refractivity contribution in [3.8, 4) is 0 Å². The molecule has 0 aromatic heterocycles. The summed E-state index contributed by atoms with van der Waals surface area (Å²) in [6, 6.07) is 8.33. The van der Waals surface area contributed by atoms with Gasteiger partial charge >= 0.3 is 5.31 Å². The van der Waals surface area contributed by atoms with Crippen molar-refractivity contribution in [1.29, 1.82) is 0 Å². The van der Waals surface area contributed by atoms with Crippen LogP contribution in [0.2, 0.25) is 0 Å². The average molecular weight is 160 g/mol. The lowest BCUT2D eigenvalue weighted by Gasteiger charge is -2.08. The maximum absolute atomic E-state index is 12.4. The Bertz CT molecular complexity index is 205. The fraction of sp³-hybridized carbons (Fsp3) is 0.143. The lowest BCUT2D eigenvalue weighted by Crippen LogP contribution is -2.08. The monoisotopic (exact) mass is 159 g/mol. The Morgan fingerprint density at radius 2 is 2.00 bits per heavy atom. The molecule has 1 unspecified atom stereocenters. The smallest absolute Gasteiger partial charge is 0.310 e. The van der Waals surface area contributed by atoms with Crippen LogP contribution in [0, 0.1) is 6.07 Å². The van der Waals surface area contributed by atoms with E-state index in [1.807, 2.05) is 0 Å². The molecule has 0 aliphatic rings. The van der Waals surface area contributed by atoms with E-state index in [0.29, 0.717) is 0 Å². The summed E-state index contributed by atoms with van der Waals surface area (Å²) < 4.78 is 12.4. The van der Waals surface area contributed by atoms with Gasteiger partial charge in [-0.15, -0.1) is 0 Å². The zero-order chi connectivity index (χ0) is 7.61. The SMILES string of the molecule is OC(F)(Cl)c1cc[c]cc1. The molecule has 0 aliphatic carbocycles. The molecule has 0 heterocycles. The van der Waals surface area contributed by atoms with Crippen LogP contribution >= 0.6 is 11.6 Å². The third-order valence-corrected chi connectivity index (χ3v) is 1.28. The molecule has 0 saturated carbocycles. The van der Waals surface area contributed by atoms with E-state index in [4.69, 9.17) is 16.7 Å². The molecule has 10 heavy (non-hydrogen) atoms. The van der Waals surface area contributed by atoms with E-state index in [0.717, 1.165) is 0 Å². The van der Waals surface area contributed by atoms with Crippen LogP contribution in [-0.4, -0.2) is 5.11 Å². The number of halogens is 2. The lowest BCUT2D eigenvalue weighted by molar-refractivity contribution is -0.00929. The fourth-order valence-electron chi connectivity index (χ4n) is 0.587. The zero-order valence-electron chi connectivity index (χ0n) is 5.01. The lowest BCUT2D eigenvalue weighted by atomic mass is 10.2. The van der Waals surface area contributed by atoms with Crippen molar-refractivity contribution in [2.75, 3.05) is 0 Å². The van der Waals surface area contributed by atoms with Crippen LogP contribution in [0.4, 0.5) is 4.39 Å². The molecule has 3 heteroatoms. The van der Waals surface area contributed by atoms with Gasteiger partial charge in [0, 0.05) is 5.56 Å². The van der Waals surface area contributed by atoms with Gasteiger partial charge in [-0.05, 0) is 17.7 Å². The van der Waals surface area contributed by atoms with Crippen molar-refractivity contribution in [1.82, 2.24) is 0 Å². The van der Waals surface area contributed by atoms with Crippen LogP contribution in [0.25, 0.3) is 0 Å². The molecule has 1 aromatic carbocycles. The predicted molar refractivity (Wildman–Crippen MR) is 36.1 cm³/mol. The first-order valence-corrected chi connectivity index (χ1v) is 3.05. The van der Waals surface area contributed by atoms with Crippen molar-refractivity contribution in [3.05, 3.63) is 35.9 Å². The minimum absolute atomic E-state index is 0.0212. The van der Waals surface area contributed by atoms with E-state index in [1.54, 1.807) is 0 Å². The molecule has 53 valence electrons. The Hall–Kier alpha value is -0.600. The zero-order valence-corrected chi connectivity index (χ0v) is 5.77. The van der Waals surface area contributed by atoms with Gasteiger partial charge in [0.05, 0.1) is 0 Å². The standard InChI is InChI=1S/C7H5ClFO/c8-7(9,10)6-4-2-1-3-5-6/h2-5,10H. The second kappa shape index (κ2) is 2.56. The maximum Gasteiger partial charge on any atom is 0.310 e. The normalized spacial score (nSPS) is 16.3. The van der Waals surface area contributed by atoms with E-state index >= 15 is 0 Å². The Morgan fingerprint density at radius 3 is 2.30 bits per heavy atom. The molecule has 1 N–H and O–H groups in total. The van der Waals surface area contributed by atoms with Crippen molar-refractivity contribution in [3.63, 3.8) is 0 Å². The van der Waals surface area contributed by atoms with Crippen molar-refractivity contribution < 1.29 is 9.50 Å². The fourth-order valence-corrected chi connectivity index (χ4v) is 0.713. The van der Waals surface area contributed by atoms with Crippen molar-refractivity contribution in [2.45, 2.75) is 5.31 Å². The topological polar surface area (TPSA) is 20.2 Å². The maximum atomic E-state index is 12.4. The number of benzene rings is 1. The summed E-state index contributed by atoms with van der Waals surface area (Å²) in [5.41, 5.74) is 0.0212. The van der Waals surface area contributed by atoms with E-state index in [2.05, 4.69) is 6.07 Å². The molecule has 0 amide bonds.